The van der Waals surface area contributed by atoms with Crippen LogP contribution in [0.15, 0.2) is 12.4 Å². The third-order valence-electron chi connectivity index (χ3n) is 1.99. The van der Waals surface area contributed by atoms with E-state index in [2.05, 4.69) is 15.5 Å². The van der Waals surface area contributed by atoms with E-state index in [1.807, 2.05) is 0 Å². The van der Waals surface area contributed by atoms with Crippen molar-refractivity contribution in [1.82, 2.24) is 20.4 Å². The molecule has 1 rings (SSSR count). The second-order valence-electron chi connectivity index (χ2n) is 3.17. The molecule has 1 heterocycles. The topological polar surface area (TPSA) is 98.3 Å². The lowest BCUT2D eigenvalue weighted by Gasteiger charge is -2.18. The Labute approximate surface area is 92.4 Å². The van der Waals surface area contributed by atoms with Gasteiger partial charge in [-0.15, -0.1) is 0 Å². The summed E-state index contributed by atoms with van der Waals surface area (Å²) in [6.45, 7) is 2.10. The lowest BCUT2D eigenvalue weighted by molar-refractivity contribution is -0.137. The maximum absolute atomic E-state index is 11.5. The summed E-state index contributed by atoms with van der Waals surface area (Å²) in [6, 6.07) is -0.397. The average Bonchev–Trinajstić information content (AvgIpc) is 2.75. The minimum absolute atomic E-state index is 0.298. The Morgan fingerprint density at radius 3 is 2.88 bits per heavy atom. The maximum Gasteiger partial charge on any atom is 0.323 e. The van der Waals surface area contributed by atoms with Crippen LogP contribution in [0.3, 0.4) is 0 Å². The Bertz CT molecular complexity index is 350. The zero-order chi connectivity index (χ0) is 12.0. The van der Waals surface area contributed by atoms with Gasteiger partial charge in [-0.25, -0.2) is 4.79 Å². The monoisotopic (exact) mass is 226 g/mol. The minimum Gasteiger partial charge on any atom is -0.480 e. The average molecular weight is 226 g/mol. The quantitative estimate of drug-likeness (QED) is 0.659. The van der Waals surface area contributed by atoms with Gasteiger partial charge in [0.25, 0.3) is 0 Å². The number of nitrogens with one attached hydrogen (secondary N) is 2. The highest BCUT2D eigenvalue weighted by Gasteiger charge is 2.14. The van der Waals surface area contributed by atoms with E-state index in [-0.39, 0.29) is 6.54 Å². The van der Waals surface area contributed by atoms with E-state index < -0.39 is 12.0 Å². The van der Waals surface area contributed by atoms with Gasteiger partial charge in [0.1, 0.15) is 6.54 Å². The summed E-state index contributed by atoms with van der Waals surface area (Å²) in [5.41, 5.74) is 0.833. The van der Waals surface area contributed by atoms with Crippen LogP contribution >= 0.6 is 0 Å². The van der Waals surface area contributed by atoms with Gasteiger partial charge in [-0.1, -0.05) is 0 Å². The molecule has 0 aromatic carbocycles. The third kappa shape index (κ3) is 3.60. The number of carboxylic acid groups (broad SMARTS) is 1. The molecular formula is C9H14N4O3. The number of nitrogens with zero attached hydrogens (tertiary/aromatic N) is 2. The SMILES string of the molecule is CCN(CC(=O)O)C(=O)NCc1cn[nH]c1. The molecule has 0 radical (unpaired) electrons. The number of aromatic nitrogens is 2. The van der Waals surface area contributed by atoms with Gasteiger partial charge in [0.15, 0.2) is 0 Å². The lowest BCUT2D eigenvalue weighted by Crippen LogP contribution is -2.42. The van der Waals surface area contributed by atoms with Gasteiger partial charge in [-0.2, -0.15) is 5.10 Å². The van der Waals surface area contributed by atoms with E-state index in [9.17, 15) is 9.59 Å². The second-order valence-corrected chi connectivity index (χ2v) is 3.17. The number of hydrogen-bond donors (Lipinski definition) is 3. The van der Waals surface area contributed by atoms with Gasteiger partial charge in [-0.05, 0) is 6.92 Å². The van der Waals surface area contributed by atoms with Crippen molar-refractivity contribution in [3.63, 3.8) is 0 Å². The van der Waals surface area contributed by atoms with Crippen LogP contribution in [0.25, 0.3) is 0 Å². The summed E-state index contributed by atoms with van der Waals surface area (Å²) < 4.78 is 0. The van der Waals surface area contributed by atoms with Gasteiger partial charge < -0.3 is 15.3 Å². The lowest BCUT2D eigenvalue weighted by atomic mass is 10.4. The van der Waals surface area contributed by atoms with Gasteiger partial charge in [0.2, 0.25) is 0 Å². The summed E-state index contributed by atoms with van der Waals surface area (Å²) in [5, 5.41) is 17.5. The number of likely N-dealkylation sites (N-methyl/N-ethyl adjacent to an activating group) is 1. The summed E-state index contributed by atoms with van der Waals surface area (Å²) in [5.74, 6) is -1.03. The summed E-state index contributed by atoms with van der Waals surface area (Å²) in [4.78, 5) is 23.2. The van der Waals surface area contributed by atoms with Crippen LogP contribution in [0.1, 0.15) is 12.5 Å². The zero-order valence-corrected chi connectivity index (χ0v) is 8.93. The molecule has 7 nitrogen and oxygen atoms in total. The summed E-state index contributed by atoms with van der Waals surface area (Å²) in [7, 11) is 0. The van der Waals surface area contributed by atoms with E-state index in [0.717, 1.165) is 5.56 Å². The van der Waals surface area contributed by atoms with Crippen molar-refractivity contribution in [1.29, 1.82) is 0 Å². The first-order chi connectivity index (χ1) is 7.63. The maximum atomic E-state index is 11.5. The standard InChI is InChI=1S/C9H14N4O3/c1-2-13(6-8(14)15)9(16)10-3-7-4-11-12-5-7/h4-5H,2-3,6H2,1H3,(H,10,16)(H,11,12)(H,14,15). The molecule has 0 aliphatic rings. The summed E-state index contributed by atoms with van der Waals surface area (Å²) >= 11 is 0. The number of aromatic amines is 1. The van der Waals surface area contributed by atoms with Gasteiger partial charge in [0, 0.05) is 24.8 Å². The molecule has 16 heavy (non-hydrogen) atoms. The molecule has 2 amide bonds. The van der Waals surface area contributed by atoms with Crippen molar-refractivity contribution in [3.05, 3.63) is 18.0 Å². The largest absolute Gasteiger partial charge is 0.480 e. The number of amides is 2. The number of aliphatic carboxylic acids is 1. The smallest absolute Gasteiger partial charge is 0.323 e. The molecular weight excluding hydrogens is 212 g/mol. The fourth-order valence-corrected chi connectivity index (χ4v) is 1.15. The normalized spacial score (nSPS) is 9.81. The Morgan fingerprint density at radius 1 is 1.62 bits per heavy atom. The van der Waals surface area contributed by atoms with E-state index in [4.69, 9.17) is 5.11 Å². The molecule has 88 valence electrons. The van der Waals surface area contributed by atoms with Crippen LogP contribution in [0, 0.1) is 0 Å². The molecule has 1 aromatic rings. The van der Waals surface area contributed by atoms with Crippen LogP contribution in [0.4, 0.5) is 4.79 Å². The molecule has 7 heteroatoms. The predicted molar refractivity (Wildman–Crippen MR) is 55.7 cm³/mol. The van der Waals surface area contributed by atoms with Crippen molar-refractivity contribution < 1.29 is 14.7 Å². The van der Waals surface area contributed by atoms with Crippen LogP contribution in [0.2, 0.25) is 0 Å². The number of H-pyrrole nitrogens is 1. The molecule has 0 aliphatic carbocycles. The van der Waals surface area contributed by atoms with Crippen molar-refractivity contribution >= 4 is 12.0 Å². The molecule has 0 spiro atoms. The van der Waals surface area contributed by atoms with E-state index >= 15 is 0 Å². The van der Waals surface area contributed by atoms with E-state index in [1.54, 1.807) is 19.3 Å². The highest BCUT2D eigenvalue weighted by Crippen LogP contribution is 1.94. The first-order valence-electron chi connectivity index (χ1n) is 4.85. The third-order valence-corrected chi connectivity index (χ3v) is 1.99. The first-order valence-corrected chi connectivity index (χ1v) is 4.85. The first kappa shape index (κ1) is 12.0. The van der Waals surface area contributed by atoms with Crippen LogP contribution < -0.4 is 5.32 Å². The van der Waals surface area contributed by atoms with Crippen LogP contribution in [-0.2, 0) is 11.3 Å². The highest BCUT2D eigenvalue weighted by atomic mass is 16.4. The van der Waals surface area contributed by atoms with E-state index in [1.165, 1.54) is 4.90 Å². The van der Waals surface area contributed by atoms with Gasteiger partial charge >= 0.3 is 12.0 Å². The Kier molecular flexibility index (Phi) is 4.31. The van der Waals surface area contributed by atoms with Crippen molar-refractivity contribution in [2.75, 3.05) is 13.1 Å². The number of hydrogen-bond acceptors (Lipinski definition) is 3. The fraction of sp³-hybridized carbons (Fsp3) is 0.444. The molecule has 0 aliphatic heterocycles. The Balaban J connectivity index is 2.40. The van der Waals surface area contributed by atoms with Crippen molar-refractivity contribution in [2.45, 2.75) is 13.5 Å². The van der Waals surface area contributed by atoms with Crippen LogP contribution in [-0.4, -0.2) is 45.3 Å². The molecule has 1 aromatic heterocycles. The highest BCUT2D eigenvalue weighted by molar-refractivity contribution is 5.79. The molecule has 0 unspecified atom stereocenters. The number of rotatable bonds is 5. The zero-order valence-electron chi connectivity index (χ0n) is 8.93. The number of carbonyl (C=O) groups is 2. The number of carboxylic acids is 1. The van der Waals surface area contributed by atoms with Gasteiger partial charge in [-0.3, -0.25) is 9.89 Å². The molecule has 0 saturated heterocycles. The molecule has 0 saturated carbocycles. The van der Waals surface area contributed by atoms with Crippen molar-refractivity contribution in [2.24, 2.45) is 0 Å². The Hall–Kier alpha value is -2.05. The minimum atomic E-state index is -1.03. The summed E-state index contributed by atoms with van der Waals surface area (Å²) in [6.07, 6.45) is 3.25. The van der Waals surface area contributed by atoms with Gasteiger partial charge in [0.05, 0.1) is 6.20 Å². The molecule has 0 atom stereocenters. The predicted octanol–water partition coefficient (Wildman–Crippen LogP) is 0.0258. The Morgan fingerprint density at radius 2 is 2.38 bits per heavy atom. The molecule has 3 N–H and O–H groups in total. The van der Waals surface area contributed by atoms with Crippen LogP contribution in [0.5, 0.6) is 0 Å². The second kappa shape index (κ2) is 5.74. The molecule has 0 fully saturated rings. The number of carbonyl (C=O) groups excluding carboxylic acids is 1. The fourth-order valence-electron chi connectivity index (χ4n) is 1.15. The van der Waals surface area contributed by atoms with E-state index in [0.29, 0.717) is 13.1 Å². The number of urea groups is 1. The molecule has 0 bridgehead atoms. The van der Waals surface area contributed by atoms with Crippen molar-refractivity contribution in [3.8, 4) is 0 Å².